The fraction of sp³-hybridized carbons (Fsp3) is 0.727. The van der Waals surface area contributed by atoms with Crippen LogP contribution in [-0.4, -0.2) is 84.0 Å². The van der Waals surface area contributed by atoms with Crippen LogP contribution in [-0.2, 0) is 24.1 Å². The number of nitrogens with one attached hydrogen (secondary N) is 1. The molecule has 1 N–H and O–H groups in total. The number of ether oxygens (including phenoxy) is 1. The first-order chi connectivity index (χ1) is 14.3. The Hall–Kier alpha value is -1.70. The summed E-state index contributed by atoms with van der Waals surface area (Å²) >= 11 is 0. The van der Waals surface area contributed by atoms with Gasteiger partial charge >= 0.3 is 0 Å². The van der Waals surface area contributed by atoms with Crippen LogP contribution in [0.1, 0.15) is 47.4 Å². The minimum atomic E-state index is 0.123. The molecule has 1 aliphatic carbocycles. The molecule has 1 aromatic heterocycles. The molecule has 0 bridgehead atoms. The van der Waals surface area contributed by atoms with Gasteiger partial charge in [0.05, 0.1) is 19.8 Å². The van der Waals surface area contributed by atoms with Crippen LogP contribution in [0.15, 0.2) is 12.7 Å². The van der Waals surface area contributed by atoms with Gasteiger partial charge in [0, 0.05) is 56.6 Å². The number of carbonyl (C=O) groups is 1. The molecular formula is C22H35N5O2. The summed E-state index contributed by atoms with van der Waals surface area (Å²) in [6.07, 6.45) is 8.26. The standard InChI is InChI=1S/C22H35N5O2/c1-2-9-27-20-7-6-18(23-8-12-25-13-15-29-16-14-25)17-19(20)21(24-27)22(28)26-10-4-3-5-11-26/h2,18,23H,1,3-17H2. The summed E-state index contributed by atoms with van der Waals surface area (Å²) < 4.78 is 7.43. The third kappa shape index (κ3) is 4.90. The Bertz CT molecular complexity index is 704. The van der Waals surface area contributed by atoms with E-state index in [2.05, 4.69) is 16.8 Å². The molecule has 4 rings (SSSR count). The minimum absolute atomic E-state index is 0.123. The summed E-state index contributed by atoms with van der Waals surface area (Å²) in [5, 5.41) is 8.48. The molecular weight excluding hydrogens is 366 g/mol. The number of piperidine rings is 1. The number of carbonyl (C=O) groups excluding carboxylic acids is 1. The number of rotatable bonds is 7. The van der Waals surface area contributed by atoms with E-state index in [9.17, 15) is 4.79 Å². The van der Waals surface area contributed by atoms with Crippen molar-refractivity contribution < 1.29 is 9.53 Å². The molecule has 3 aliphatic rings. The van der Waals surface area contributed by atoms with Crippen LogP contribution in [0, 0.1) is 0 Å². The second kappa shape index (κ2) is 9.87. The van der Waals surface area contributed by atoms with Crippen molar-refractivity contribution in [2.45, 2.75) is 51.1 Å². The number of fused-ring (bicyclic) bond motifs is 1. The Balaban J connectivity index is 1.42. The smallest absolute Gasteiger partial charge is 0.274 e. The van der Waals surface area contributed by atoms with Gasteiger partial charge in [-0.2, -0.15) is 5.10 Å². The average Bonchev–Trinajstić information content (AvgIpc) is 3.13. The molecule has 0 aromatic carbocycles. The quantitative estimate of drug-likeness (QED) is 0.701. The van der Waals surface area contributed by atoms with E-state index >= 15 is 0 Å². The van der Waals surface area contributed by atoms with Gasteiger partial charge in [-0.3, -0.25) is 14.4 Å². The van der Waals surface area contributed by atoms with Crippen molar-refractivity contribution in [1.29, 1.82) is 0 Å². The summed E-state index contributed by atoms with van der Waals surface area (Å²) in [5.74, 6) is 0.123. The van der Waals surface area contributed by atoms with Crippen LogP contribution >= 0.6 is 0 Å². The third-order valence-electron chi connectivity index (χ3n) is 6.46. The molecule has 0 saturated carbocycles. The third-order valence-corrected chi connectivity index (χ3v) is 6.46. The van der Waals surface area contributed by atoms with E-state index in [1.807, 2.05) is 15.7 Å². The number of hydrogen-bond donors (Lipinski definition) is 1. The van der Waals surface area contributed by atoms with E-state index in [4.69, 9.17) is 9.84 Å². The van der Waals surface area contributed by atoms with Crippen molar-refractivity contribution in [3.63, 3.8) is 0 Å². The highest BCUT2D eigenvalue weighted by Gasteiger charge is 2.31. The topological polar surface area (TPSA) is 62.6 Å². The highest BCUT2D eigenvalue weighted by Crippen LogP contribution is 2.27. The van der Waals surface area contributed by atoms with Gasteiger partial charge in [0.25, 0.3) is 5.91 Å². The van der Waals surface area contributed by atoms with Gasteiger partial charge in [0.15, 0.2) is 5.69 Å². The molecule has 7 nitrogen and oxygen atoms in total. The molecule has 0 spiro atoms. The van der Waals surface area contributed by atoms with Gasteiger partial charge in [-0.05, 0) is 38.5 Å². The largest absolute Gasteiger partial charge is 0.379 e. The van der Waals surface area contributed by atoms with Gasteiger partial charge in [-0.1, -0.05) is 6.08 Å². The Kier molecular flexibility index (Phi) is 7.00. The van der Waals surface area contributed by atoms with E-state index in [0.717, 1.165) is 90.1 Å². The maximum Gasteiger partial charge on any atom is 0.274 e. The number of allylic oxidation sites excluding steroid dienone is 1. The summed E-state index contributed by atoms with van der Waals surface area (Å²) in [5.41, 5.74) is 3.08. The lowest BCUT2D eigenvalue weighted by atomic mass is 9.91. The van der Waals surface area contributed by atoms with Crippen molar-refractivity contribution in [2.75, 3.05) is 52.5 Å². The summed E-state index contributed by atoms with van der Waals surface area (Å²) in [6.45, 7) is 12.0. The number of nitrogens with zero attached hydrogens (tertiary/aromatic N) is 4. The van der Waals surface area contributed by atoms with Gasteiger partial charge in [0.2, 0.25) is 0 Å². The number of likely N-dealkylation sites (tertiary alicyclic amines) is 1. The average molecular weight is 402 g/mol. The maximum absolute atomic E-state index is 13.2. The number of aromatic nitrogens is 2. The van der Waals surface area contributed by atoms with E-state index in [0.29, 0.717) is 18.3 Å². The van der Waals surface area contributed by atoms with Crippen LogP contribution in [0.2, 0.25) is 0 Å². The predicted octanol–water partition coefficient (Wildman–Crippen LogP) is 1.47. The van der Waals surface area contributed by atoms with Crippen LogP contribution in [0.25, 0.3) is 0 Å². The fourth-order valence-corrected chi connectivity index (χ4v) is 4.81. The second-order valence-corrected chi connectivity index (χ2v) is 8.45. The zero-order valence-corrected chi connectivity index (χ0v) is 17.6. The lowest BCUT2D eigenvalue weighted by Crippen LogP contribution is -2.43. The van der Waals surface area contributed by atoms with Crippen molar-refractivity contribution in [3.8, 4) is 0 Å². The highest BCUT2D eigenvalue weighted by atomic mass is 16.5. The first-order valence-electron chi connectivity index (χ1n) is 11.3. The van der Waals surface area contributed by atoms with Crippen LogP contribution in [0.4, 0.5) is 0 Å². The van der Waals surface area contributed by atoms with Gasteiger partial charge < -0.3 is 15.0 Å². The Morgan fingerprint density at radius 2 is 2.00 bits per heavy atom. The molecule has 1 amide bonds. The van der Waals surface area contributed by atoms with Crippen molar-refractivity contribution >= 4 is 5.91 Å². The molecule has 0 radical (unpaired) electrons. The Morgan fingerprint density at radius 1 is 1.21 bits per heavy atom. The predicted molar refractivity (Wildman–Crippen MR) is 113 cm³/mol. The zero-order valence-electron chi connectivity index (χ0n) is 17.6. The molecule has 2 fully saturated rings. The molecule has 1 aromatic rings. The van der Waals surface area contributed by atoms with Crippen LogP contribution in [0.3, 0.4) is 0 Å². The molecule has 1 unspecified atom stereocenters. The second-order valence-electron chi connectivity index (χ2n) is 8.45. The SMILES string of the molecule is C=CCn1nc(C(=O)N2CCCCC2)c2c1CCC(NCCN1CCOCC1)C2. The summed E-state index contributed by atoms with van der Waals surface area (Å²) in [4.78, 5) is 17.7. The lowest BCUT2D eigenvalue weighted by molar-refractivity contribution is 0.0381. The van der Waals surface area contributed by atoms with E-state index in [1.165, 1.54) is 12.1 Å². The molecule has 1 atom stereocenters. The lowest BCUT2D eigenvalue weighted by Gasteiger charge is -2.29. The molecule has 7 heteroatoms. The van der Waals surface area contributed by atoms with E-state index < -0.39 is 0 Å². The van der Waals surface area contributed by atoms with Gasteiger partial charge in [-0.15, -0.1) is 6.58 Å². The maximum atomic E-state index is 13.2. The summed E-state index contributed by atoms with van der Waals surface area (Å²) in [6, 6.07) is 0.415. The van der Waals surface area contributed by atoms with Crippen LogP contribution in [0.5, 0.6) is 0 Å². The monoisotopic (exact) mass is 401 g/mol. The number of morpholine rings is 1. The zero-order chi connectivity index (χ0) is 20.1. The minimum Gasteiger partial charge on any atom is -0.379 e. The highest BCUT2D eigenvalue weighted by molar-refractivity contribution is 5.94. The number of hydrogen-bond acceptors (Lipinski definition) is 5. The normalized spacial score (nSPS) is 23.0. The molecule has 3 heterocycles. The molecule has 29 heavy (non-hydrogen) atoms. The summed E-state index contributed by atoms with van der Waals surface area (Å²) in [7, 11) is 0. The van der Waals surface area contributed by atoms with Gasteiger partial charge in [-0.25, -0.2) is 0 Å². The first kappa shape index (κ1) is 20.6. The Labute approximate surface area is 174 Å². The number of amides is 1. The van der Waals surface area contributed by atoms with E-state index in [1.54, 1.807) is 0 Å². The fourth-order valence-electron chi connectivity index (χ4n) is 4.81. The molecule has 2 saturated heterocycles. The van der Waals surface area contributed by atoms with Crippen molar-refractivity contribution in [1.82, 2.24) is 24.9 Å². The molecule has 160 valence electrons. The van der Waals surface area contributed by atoms with E-state index in [-0.39, 0.29) is 5.91 Å². The first-order valence-corrected chi connectivity index (χ1v) is 11.3. The Morgan fingerprint density at radius 3 is 2.76 bits per heavy atom. The van der Waals surface area contributed by atoms with Crippen molar-refractivity contribution in [2.24, 2.45) is 0 Å². The molecule has 2 aliphatic heterocycles. The van der Waals surface area contributed by atoms with Crippen molar-refractivity contribution in [3.05, 3.63) is 29.6 Å². The van der Waals surface area contributed by atoms with Crippen LogP contribution < -0.4 is 5.32 Å². The van der Waals surface area contributed by atoms with Gasteiger partial charge in [0.1, 0.15) is 0 Å².